The van der Waals surface area contributed by atoms with E-state index in [2.05, 4.69) is 14.5 Å². The molecule has 9 heteroatoms. The maximum atomic E-state index is 7.60. The molecule has 2 aromatic rings. The Morgan fingerprint density at radius 2 is 1.77 bits per heavy atom. The van der Waals surface area contributed by atoms with Crippen LogP contribution in [0.4, 0.5) is 5.82 Å². The second-order valence-corrected chi connectivity index (χ2v) is 6.98. The standard InChI is InChI=1S/C17H23N7O2/c1-17(2)16-20-12-14(23-3-6-25-7-4-23)21-13(11(9-18)10-19)22-15(12)24(16)5-8-26-17/h9-11,18-19H,3-8H2,1-2H3. The number of imidazole rings is 1. The Labute approximate surface area is 151 Å². The Bertz CT molecular complexity index is 846. The van der Waals surface area contributed by atoms with Crippen LogP contribution in [0, 0.1) is 10.8 Å². The van der Waals surface area contributed by atoms with E-state index in [-0.39, 0.29) is 0 Å². The fraction of sp³-hybridized carbons (Fsp3) is 0.588. The lowest BCUT2D eigenvalue weighted by Crippen LogP contribution is -2.37. The predicted molar refractivity (Wildman–Crippen MR) is 97.6 cm³/mol. The largest absolute Gasteiger partial charge is 0.378 e. The van der Waals surface area contributed by atoms with E-state index in [0.717, 1.165) is 35.9 Å². The molecule has 4 heterocycles. The van der Waals surface area contributed by atoms with Crippen molar-refractivity contribution >= 4 is 29.4 Å². The number of aromatic nitrogens is 4. The van der Waals surface area contributed by atoms with Crippen LogP contribution in [0.25, 0.3) is 11.2 Å². The van der Waals surface area contributed by atoms with E-state index in [1.807, 2.05) is 13.8 Å². The Morgan fingerprint density at radius 3 is 2.46 bits per heavy atom. The minimum absolute atomic E-state index is 0.455. The van der Waals surface area contributed by atoms with Crippen LogP contribution < -0.4 is 4.90 Å². The molecule has 2 aliphatic rings. The number of nitrogens with one attached hydrogen (secondary N) is 2. The van der Waals surface area contributed by atoms with Crippen LogP contribution in [0.1, 0.15) is 31.4 Å². The van der Waals surface area contributed by atoms with Gasteiger partial charge < -0.3 is 29.8 Å². The highest BCUT2D eigenvalue weighted by Crippen LogP contribution is 2.34. The molecule has 1 saturated heterocycles. The third-order valence-corrected chi connectivity index (χ3v) is 4.88. The molecule has 0 bridgehead atoms. The Hall–Kier alpha value is -2.39. The molecule has 2 aliphatic heterocycles. The van der Waals surface area contributed by atoms with Gasteiger partial charge >= 0.3 is 0 Å². The number of anilines is 1. The van der Waals surface area contributed by atoms with E-state index in [1.165, 1.54) is 12.4 Å². The van der Waals surface area contributed by atoms with Gasteiger partial charge in [-0.3, -0.25) is 0 Å². The minimum Gasteiger partial charge on any atom is -0.378 e. The predicted octanol–water partition coefficient (Wildman–Crippen LogP) is 1.31. The van der Waals surface area contributed by atoms with Crippen LogP contribution in [0.5, 0.6) is 0 Å². The third kappa shape index (κ3) is 2.67. The fourth-order valence-corrected chi connectivity index (χ4v) is 3.47. The number of morpholine rings is 1. The summed E-state index contributed by atoms with van der Waals surface area (Å²) in [7, 11) is 0. The third-order valence-electron chi connectivity index (χ3n) is 4.88. The van der Waals surface area contributed by atoms with Crippen molar-refractivity contribution in [2.75, 3.05) is 37.8 Å². The molecule has 0 aromatic carbocycles. The normalized spacial score (nSPS) is 20.6. The lowest BCUT2D eigenvalue weighted by molar-refractivity contribution is -0.0530. The topological polar surface area (TPSA) is 113 Å². The summed E-state index contributed by atoms with van der Waals surface area (Å²) in [6, 6.07) is 0. The summed E-state index contributed by atoms with van der Waals surface area (Å²) in [5.41, 5.74) is 0.999. The molecule has 2 aromatic heterocycles. The Balaban J connectivity index is 1.96. The first-order valence-electron chi connectivity index (χ1n) is 8.81. The zero-order valence-electron chi connectivity index (χ0n) is 15.0. The van der Waals surface area contributed by atoms with Gasteiger partial charge in [0.1, 0.15) is 17.2 Å². The first-order chi connectivity index (χ1) is 12.5. The summed E-state index contributed by atoms with van der Waals surface area (Å²) in [4.78, 5) is 16.4. The lowest BCUT2D eigenvalue weighted by atomic mass is 10.1. The van der Waals surface area contributed by atoms with Crippen molar-refractivity contribution in [3.05, 3.63) is 11.6 Å². The molecule has 0 radical (unpaired) electrons. The number of hydrogen-bond donors (Lipinski definition) is 2. The van der Waals surface area contributed by atoms with Crippen molar-refractivity contribution in [2.24, 2.45) is 0 Å². The molecular formula is C17H23N7O2. The average molecular weight is 357 g/mol. The SMILES string of the molecule is CC1(C)OCCn2c1nc1c(N3CCOCC3)nc(C(C=N)C=N)nc12. The highest BCUT2D eigenvalue weighted by molar-refractivity contribution is 5.89. The van der Waals surface area contributed by atoms with E-state index in [0.29, 0.717) is 32.2 Å². The first kappa shape index (κ1) is 17.0. The van der Waals surface area contributed by atoms with E-state index in [1.54, 1.807) is 0 Å². The zero-order chi connectivity index (χ0) is 18.3. The smallest absolute Gasteiger partial charge is 0.166 e. The fourth-order valence-electron chi connectivity index (χ4n) is 3.47. The molecule has 0 atom stereocenters. The summed E-state index contributed by atoms with van der Waals surface area (Å²) < 4.78 is 13.4. The second-order valence-electron chi connectivity index (χ2n) is 6.98. The lowest BCUT2D eigenvalue weighted by Gasteiger charge is -2.30. The van der Waals surface area contributed by atoms with Gasteiger partial charge in [0, 0.05) is 32.1 Å². The van der Waals surface area contributed by atoms with E-state index in [9.17, 15) is 0 Å². The van der Waals surface area contributed by atoms with Gasteiger partial charge in [-0.2, -0.15) is 0 Å². The molecule has 0 spiro atoms. The van der Waals surface area contributed by atoms with Crippen molar-refractivity contribution in [3.63, 3.8) is 0 Å². The second kappa shape index (κ2) is 6.40. The van der Waals surface area contributed by atoms with Gasteiger partial charge in [-0.15, -0.1) is 0 Å². The van der Waals surface area contributed by atoms with Crippen molar-refractivity contribution in [2.45, 2.75) is 31.9 Å². The molecule has 26 heavy (non-hydrogen) atoms. The Morgan fingerprint density at radius 1 is 1.04 bits per heavy atom. The molecule has 9 nitrogen and oxygen atoms in total. The molecule has 0 aliphatic carbocycles. The van der Waals surface area contributed by atoms with Crippen molar-refractivity contribution in [1.82, 2.24) is 19.5 Å². The van der Waals surface area contributed by atoms with Gasteiger partial charge in [-0.05, 0) is 13.8 Å². The molecule has 0 saturated carbocycles. The van der Waals surface area contributed by atoms with Gasteiger partial charge in [-0.25, -0.2) is 15.0 Å². The molecule has 0 amide bonds. The van der Waals surface area contributed by atoms with Crippen molar-refractivity contribution in [3.8, 4) is 0 Å². The molecule has 4 rings (SSSR count). The molecule has 138 valence electrons. The highest BCUT2D eigenvalue weighted by Gasteiger charge is 2.34. The van der Waals surface area contributed by atoms with Crippen molar-refractivity contribution in [1.29, 1.82) is 10.8 Å². The molecule has 0 unspecified atom stereocenters. The van der Waals surface area contributed by atoms with Gasteiger partial charge in [0.25, 0.3) is 0 Å². The minimum atomic E-state index is -0.543. The van der Waals surface area contributed by atoms with Crippen molar-refractivity contribution < 1.29 is 9.47 Å². The van der Waals surface area contributed by atoms with E-state index < -0.39 is 11.5 Å². The first-order valence-corrected chi connectivity index (χ1v) is 8.81. The molecule has 1 fully saturated rings. The summed E-state index contributed by atoms with van der Waals surface area (Å²) >= 11 is 0. The van der Waals surface area contributed by atoms with E-state index >= 15 is 0 Å². The summed E-state index contributed by atoms with van der Waals surface area (Å²) in [5.74, 6) is 1.50. The van der Waals surface area contributed by atoms with Crippen LogP contribution in [0.3, 0.4) is 0 Å². The quantitative estimate of drug-likeness (QED) is 0.798. The van der Waals surface area contributed by atoms with Gasteiger partial charge in [-0.1, -0.05) is 0 Å². The Kier molecular flexibility index (Phi) is 4.20. The van der Waals surface area contributed by atoms with Crippen LogP contribution >= 0.6 is 0 Å². The highest BCUT2D eigenvalue weighted by atomic mass is 16.5. The molecule has 2 N–H and O–H groups in total. The maximum absolute atomic E-state index is 7.60. The number of ether oxygens (including phenoxy) is 2. The number of nitrogens with zero attached hydrogens (tertiary/aromatic N) is 5. The van der Waals surface area contributed by atoms with Gasteiger partial charge in [0.2, 0.25) is 0 Å². The van der Waals surface area contributed by atoms with Gasteiger partial charge in [0.15, 0.2) is 17.0 Å². The van der Waals surface area contributed by atoms with Crippen LogP contribution in [-0.4, -0.2) is 64.9 Å². The van der Waals surface area contributed by atoms with Crippen LogP contribution in [0.15, 0.2) is 0 Å². The number of hydrogen-bond acceptors (Lipinski definition) is 8. The molecular weight excluding hydrogens is 334 g/mol. The van der Waals surface area contributed by atoms with Crippen LogP contribution in [0.2, 0.25) is 0 Å². The maximum Gasteiger partial charge on any atom is 0.166 e. The number of fused-ring (bicyclic) bond motifs is 3. The van der Waals surface area contributed by atoms with Crippen LogP contribution in [-0.2, 0) is 21.6 Å². The average Bonchev–Trinajstić information content (AvgIpc) is 3.03. The van der Waals surface area contributed by atoms with Gasteiger partial charge in [0.05, 0.1) is 25.7 Å². The summed E-state index contributed by atoms with van der Waals surface area (Å²) in [5, 5.41) is 15.2. The summed E-state index contributed by atoms with van der Waals surface area (Å²) in [6.45, 7) is 8.02. The summed E-state index contributed by atoms with van der Waals surface area (Å²) in [6.07, 6.45) is 2.38. The van der Waals surface area contributed by atoms with E-state index in [4.69, 9.17) is 30.3 Å². The zero-order valence-corrected chi connectivity index (χ0v) is 15.0. The monoisotopic (exact) mass is 357 g/mol. The number of rotatable bonds is 4.